The van der Waals surface area contributed by atoms with Gasteiger partial charge in [0.15, 0.2) is 15.8 Å². The van der Waals surface area contributed by atoms with Crippen LogP contribution in [-0.4, -0.2) is 24.4 Å². The molecule has 0 unspecified atom stereocenters. The number of para-hydroxylation sites is 1. The quantitative estimate of drug-likeness (QED) is 0.744. The molecule has 1 aromatic carbocycles. The van der Waals surface area contributed by atoms with E-state index in [1.165, 1.54) is 12.3 Å². The monoisotopic (exact) mass is 298 g/mol. The van der Waals surface area contributed by atoms with Crippen LogP contribution in [0.4, 0.5) is 5.13 Å². The average Bonchev–Trinajstić information content (AvgIpc) is 2.81. The molecule has 0 saturated carbocycles. The number of carbonyl (C=O) groups excluding carboxylic acids is 1. The maximum absolute atomic E-state index is 11.9. The molecule has 6 nitrogen and oxygen atoms in total. The molecular formula is C11H10N2O4S2. The summed E-state index contributed by atoms with van der Waals surface area (Å²) in [5.74, 6) is -0.644. The zero-order valence-electron chi connectivity index (χ0n) is 9.78. The summed E-state index contributed by atoms with van der Waals surface area (Å²) < 4.78 is 21.5. The van der Waals surface area contributed by atoms with E-state index in [4.69, 9.17) is 0 Å². The van der Waals surface area contributed by atoms with Crippen molar-refractivity contribution in [1.29, 1.82) is 0 Å². The Morgan fingerprint density at radius 2 is 2.16 bits per heavy atom. The van der Waals surface area contributed by atoms with Crippen molar-refractivity contribution >= 4 is 33.1 Å². The van der Waals surface area contributed by atoms with Crippen molar-refractivity contribution in [3.8, 4) is 5.75 Å². The molecule has 2 aromatic rings. The number of anilines is 1. The van der Waals surface area contributed by atoms with Crippen molar-refractivity contribution in [3.63, 3.8) is 0 Å². The van der Waals surface area contributed by atoms with E-state index in [1.807, 2.05) is 0 Å². The lowest BCUT2D eigenvalue weighted by Crippen LogP contribution is -2.12. The van der Waals surface area contributed by atoms with Crippen LogP contribution in [0.2, 0.25) is 0 Å². The van der Waals surface area contributed by atoms with Crippen LogP contribution >= 0.6 is 11.3 Å². The van der Waals surface area contributed by atoms with Gasteiger partial charge in [0.25, 0.3) is 5.91 Å². The SMILES string of the molecule is Cc1cccc(C(=O)Nc2ncc([SH](=O)=O)s2)c1O. The second kappa shape index (κ2) is 5.37. The lowest BCUT2D eigenvalue weighted by molar-refractivity contribution is 0.102. The fraction of sp³-hybridized carbons (Fsp3) is 0.0909. The molecule has 1 amide bonds. The van der Waals surface area contributed by atoms with Gasteiger partial charge < -0.3 is 5.11 Å². The molecule has 0 fully saturated rings. The second-order valence-electron chi connectivity index (χ2n) is 3.69. The van der Waals surface area contributed by atoms with Crippen LogP contribution in [-0.2, 0) is 10.7 Å². The third-order valence-corrected chi connectivity index (χ3v) is 4.29. The molecule has 1 heterocycles. The first-order valence-corrected chi connectivity index (χ1v) is 7.18. The Hall–Kier alpha value is -1.93. The molecular weight excluding hydrogens is 288 g/mol. The van der Waals surface area contributed by atoms with Crippen LogP contribution in [0.3, 0.4) is 0 Å². The van der Waals surface area contributed by atoms with Crippen molar-refractivity contribution in [3.05, 3.63) is 35.5 Å². The highest BCUT2D eigenvalue weighted by molar-refractivity contribution is 7.75. The van der Waals surface area contributed by atoms with Gasteiger partial charge in [0.05, 0.1) is 11.8 Å². The maximum Gasteiger partial charge on any atom is 0.261 e. The van der Waals surface area contributed by atoms with Crippen LogP contribution in [0.5, 0.6) is 5.75 Å². The number of benzene rings is 1. The van der Waals surface area contributed by atoms with E-state index in [9.17, 15) is 18.3 Å². The van der Waals surface area contributed by atoms with E-state index in [-0.39, 0.29) is 20.7 Å². The second-order valence-corrected chi connectivity index (χ2v) is 6.02. The predicted molar refractivity (Wildman–Crippen MR) is 71.5 cm³/mol. The van der Waals surface area contributed by atoms with Gasteiger partial charge in [-0.1, -0.05) is 23.5 Å². The number of thiazole rings is 1. The Morgan fingerprint density at radius 1 is 1.42 bits per heavy atom. The molecule has 2 rings (SSSR count). The topological polar surface area (TPSA) is 96.4 Å². The minimum absolute atomic E-state index is 0.0683. The molecule has 0 aliphatic heterocycles. The van der Waals surface area contributed by atoms with Gasteiger partial charge in [-0.2, -0.15) is 0 Å². The van der Waals surface area contributed by atoms with Gasteiger partial charge in [-0.05, 0) is 18.6 Å². The summed E-state index contributed by atoms with van der Waals surface area (Å²) in [5, 5.41) is 12.4. The zero-order chi connectivity index (χ0) is 14.0. The number of thiol groups is 1. The average molecular weight is 298 g/mol. The molecule has 19 heavy (non-hydrogen) atoms. The molecule has 8 heteroatoms. The molecule has 100 valence electrons. The van der Waals surface area contributed by atoms with Gasteiger partial charge in [-0.15, -0.1) is 0 Å². The number of aryl methyl sites for hydroxylation is 1. The summed E-state index contributed by atoms with van der Waals surface area (Å²) >= 11 is 0.853. The number of aromatic hydroxyl groups is 1. The predicted octanol–water partition coefficient (Wildman–Crippen LogP) is 1.38. The Labute approximate surface area is 114 Å². The fourth-order valence-corrected chi connectivity index (χ4v) is 2.68. The summed E-state index contributed by atoms with van der Waals surface area (Å²) in [6, 6.07) is 4.79. The summed E-state index contributed by atoms with van der Waals surface area (Å²) in [4.78, 5) is 15.7. The minimum Gasteiger partial charge on any atom is -0.507 e. The van der Waals surface area contributed by atoms with Crippen LogP contribution in [0, 0.1) is 6.92 Å². The van der Waals surface area contributed by atoms with E-state index >= 15 is 0 Å². The Kier molecular flexibility index (Phi) is 3.82. The smallest absolute Gasteiger partial charge is 0.261 e. The number of hydrogen-bond donors (Lipinski definition) is 3. The summed E-state index contributed by atoms with van der Waals surface area (Å²) in [5.41, 5.74) is 0.693. The number of carbonyl (C=O) groups is 1. The number of amides is 1. The highest BCUT2D eigenvalue weighted by Crippen LogP contribution is 2.24. The van der Waals surface area contributed by atoms with Crippen molar-refractivity contribution in [2.45, 2.75) is 11.1 Å². The molecule has 0 spiro atoms. The largest absolute Gasteiger partial charge is 0.507 e. The molecule has 0 aliphatic rings. The van der Waals surface area contributed by atoms with Crippen LogP contribution in [0.1, 0.15) is 15.9 Å². The Balaban J connectivity index is 2.23. The lowest BCUT2D eigenvalue weighted by atomic mass is 10.1. The molecule has 1 aromatic heterocycles. The van der Waals surface area contributed by atoms with Gasteiger partial charge in [0.1, 0.15) is 9.96 Å². The van der Waals surface area contributed by atoms with Gasteiger partial charge in [-0.25, -0.2) is 13.4 Å². The molecule has 0 atom stereocenters. The number of nitrogens with one attached hydrogen (secondary N) is 1. The number of rotatable bonds is 3. The molecule has 0 radical (unpaired) electrons. The molecule has 0 aliphatic carbocycles. The number of hydrogen-bond acceptors (Lipinski definition) is 6. The molecule has 2 N–H and O–H groups in total. The van der Waals surface area contributed by atoms with Gasteiger partial charge in [0, 0.05) is 0 Å². The fourth-order valence-electron chi connectivity index (χ4n) is 1.41. The van der Waals surface area contributed by atoms with Gasteiger partial charge in [-0.3, -0.25) is 10.1 Å². The van der Waals surface area contributed by atoms with Crippen molar-refractivity contribution < 1.29 is 18.3 Å². The first kappa shape index (κ1) is 13.5. The highest BCUT2D eigenvalue weighted by atomic mass is 32.2. The van der Waals surface area contributed by atoms with E-state index in [1.54, 1.807) is 19.1 Å². The third-order valence-electron chi connectivity index (χ3n) is 2.38. The number of aromatic nitrogens is 1. The number of phenolic OH excluding ortho intramolecular Hbond substituents is 1. The molecule has 0 bridgehead atoms. The first-order valence-electron chi connectivity index (χ1n) is 5.19. The molecule has 0 saturated heterocycles. The minimum atomic E-state index is -2.71. The summed E-state index contributed by atoms with van der Waals surface area (Å²) in [7, 11) is -2.71. The summed E-state index contributed by atoms with van der Waals surface area (Å²) in [6.07, 6.45) is 1.17. The number of nitrogens with zero attached hydrogens (tertiary/aromatic N) is 1. The Bertz CT molecular complexity index is 698. The van der Waals surface area contributed by atoms with E-state index < -0.39 is 16.6 Å². The lowest BCUT2D eigenvalue weighted by Gasteiger charge is -2.05. The van der Waals surface area contributed by atoms with Crippen molar-refractivity contribution in [2.75, 3.05) is 5.32 Å². The third kappa shape index (κ3) is 2.91. The van der Waals surface area contributed by atoms with Crippen molar-refractivity contribution in [1.82, 2.24) is 4.98 Å². The normalized spacial score (nSPS) is 10.6. The van der Waals surface area contributed by atoms with E-state index in [2.05, 4.69) is 10.3 Å². The van der Waals surface area contributed by atoms with Crippen molar-refractivity contribution in [2.24, 2.45) is 0 Å². The summed E-state index contributed by atoms with van der Waals surface area (Å²) in [6.45, 7) is 1.68. The number of phenols is 1. The highest BCUT2D eigenvalue weighted by Gasteiger charge is 2.14. The van der Waals surface area contributed by atoms with Crippen LogP contribution in [0.15, 0.2) is 28.6 Å². The maximum atomic E-state index is 11.9. The van der Waals surface area contributed by atoms with Gasteiger partial charge >= 0.3 is 0 Å². The van der Waals surface area contributed by atoms with Crippen LogP contribution < -0.4 is 5.32 Å². The van der Waals surface area contributed by atoms with Crippen LogP contribution in [0.25, 0.3) is 0 Å². The van der Waals surface area contributed by atoms with E-state index in [0.717, 1.165) is 11.3 Å². The first-order chi connectivity index (χ1) is 8.99. The Morgan fingerprint density at radius 3 is 2.79 bits per heavy atom. The van der Waals surface area contributed by atoms with E-state index in [0.29, 0.717) is 5.56 Å². The standard InChI is InChI=1S/C11H10N2O4S2/c1-6-3-2-4-7(9(6)14)10(15)13-11-12-5-8(18-11)19(16)17/h2-5,14,19H,1H3,(H,12,13,15). The zero-order valence-corrected chi connectivity index (χ0v) is 11.5. The van der Waals surface area contributed by atoms with Gasteiger partial charge in [0.2, 0.25) is 0 Å².